The molecule has 1 saturated heterocycles. The number of piperidine rings is 1. The van der Waals surface area contributed by atoms with Crippen LogP contribution >= 0.6 is 0 Å². The quantitative estimate of drug-likeness (QED) is 0.584. The Morgan fingerprint density at radius 1 is 0.680 bits per heavy atom. The highest BCUT2D eigenvalue weighted by Crippen LogP contribution is 2.30. The van der Waals surface area contributed by atoms with Gasteiger partial charge in [-0.25, -0.2) is 0 Å². The Kier molecular flexibility index (Phi) is 4.60. The SMILES string of the molecule is CCn1c(-c2ccccc2)ccc1-c1ccc(N2CCCCC2)cc1. The number of aromatic nitrogens is 1. The van der Waals surface area contributed by atoms with E-state index in [1.165, 1.54) is 60.6 Å². The predicted octanol–water partition coefficient (Wildman–Crippen LogP) is 5.83. The second-order valence-corrected chi connectivity index (χ2v) is 6.81. The summed E-state index contributed by atoms with van der Waals surface area (Å²) in [6.07, 6.45) is 4.02. The molecule has 0 atom stereocenters. The van der Waals surface area contributed by atoms with Crippen molar-refractivity contribution in [1.29, 1.82) is 0 Å². The van der Waals surface area contributed by atoms with Crippen LogP contribution in [0.4, 0.5) is 5.69 Å². The first-order chi connectivity index (χ1) is 12.4. The summed E-state index contributed by atoms with van der Waals surface area (Å²) in [5.74, 6) is 0. The summed E-state index contributed by atoms with van der Waals surface area (Å²) in [7, 11) is 0. The van der Waals surface area contributed by atoms with Crippen molar-refractivity contribution in [3.63, 3.8) is 0 Å². The summed E-state index contributed by atoms with van der Waals surface area (Å²) in [5, 5.41) is 0. The number of hydrogen-bond acceptors (Lipinski definition) is 1. The summed E-state index contributed by atoms with van der Waals surface area (Å²) in [6, 6.07) is 24.3. The third-order valence-electron chi connectivity index (χ3n) is 5.25. The second-order valence-electron chi connectivity index (χ2n) is 6.81. The molecule has 2 aromatic carbocycles. The number of nitrogens with zero attached hydrogens (tertiary/aromatic N) is 2. The molecule has 25 heavy (non-hydrogen) atoms. The summed E-state index contributed by atoms with van der Waals surface area (Å²) < 4.78 is 2.41. The molecule has 0 saturated carbocycles. The van der Waals surface area contributed by atoms with Gasteiger partial charge in [0, 0.05) is 36.7 Å². The topological polar surface area (TPSA) is 8.17 Å². The van der Waals surface area contributed by atoms with Gasteiger partial charge in [0.15, 0.2) is 0 Å². The third-order valence-corrected chi connectivity index (χ3v) is 5.25. The molecule has 1 aliphatic rings. The maximum Gasteiger partial charge on any atom is 0.0485 e. The molecular formula is C23H26N2. The minimum absolute atomic E-state index is 0.973. The fourth-order valence-electron chi connectivity index (χ4n) is 3.92. The van der Waals surface area contributed by atoms with Crippen LogP contribution in [0, 0.1) is 0 Å². The fraction of sp³-hybridized carbons (Fsp3) is 0.304. The minimum atomic E-state index is 0.973. The van der Waals surface area contributed by atoms with Gasteiger partial charge in [-0.2, -0.15) is 0 Å². The Bertz CT molecular complexity index is 809. The molecule has 0 radical (unpaired) electrons. The maximum atomic E-state index is 2.52. The normalized spacial score (nSPS) is 14.7. The van der Waals surface area contributed by atoms with E-state index in [4.69, 9.17) is 0 Å². The van der Waals surface area contributed by atoms with Gasteiger partial charge < -0.3 is 9.47 Å². The summed E-state index contributed by atoms with van der Waals surface area (Å²) in [4.78, 5) is 2.52. The molecule has 2 nitrogen and oxygen atoms in total. The molecular weight excluding hydrogens is 304 g/mol. The Labute approximate surface area is 150 Å². The van der Waals surface area contributed by atoms with Crippen LogP contribution in [-0.4, -0.2) is 17.7 Å². The van der Waals surface area contributed by atoms with E-state index >= 15 is 0 Å². The van der Waals surface area contributed by atoms with Crippen LogP contribution in [0.5, 0.6) is 0 Å². The van der Waals surface area contributed by atoms with Gasteiger partial charge in [0.2, 0.25) is 0 Å². The standard InChI is InChI=1S/C23H26N2/c1-2-25-22(19-9-5-3-6-10-19)15-16-23(25)20-11-13-21(14-12-20)24-17-7-4-8-18-24/h3,5-6,9-16H,2,4,7-8,17-18H2,1H3. The molecule has 4 rings (SSSR count). The summed E-state index contributed by atoms with van der Waals surface area (Å²) in [5.41, 5.74) is 6.52. The zero-order valence-corrected chi connectivity index (χ0v) is 15.0. The maximum absolute atomic E-state index is 2.52. The van der Waals surface area contributed by atoms with E-state index in [2.05, 4.69) is 83.1 Å². The van der Waals surface area contributed by atoms with Crippen molar-refractivity contribution in [2.45, 2.75) is 32.7 Å². The van der Waals surface area contributed by atoms with Gasteiger partial charge in [0.25, 0.3) is 0 Å². The molecule has 2 heteroatoms. The predicted molar refractivity (Wildman–Crippen MR) is 107 cm³/mol. The average Bonchev–Trinajstić information content (AvgIpc) is 3.13. The Morgan fingerprint density at radius 2 is 1.28 bits per heavy atom. The van der Waals surface area contributed by atoms with Gasteiger partial charge >= 0.3 is 0 Å². The van der Waals surface area contributed by atoms with Crippen LogP contribution in [0.3, 0.4) is 0 Å². The van der Waals surface area contributed by atoms with Crippen molar-refractivity contribution in [1.82, 2.24) is 4.57 Å². The van der Waals surface area contributed by atoms with Gasteiger partial charge in [0.1, 0.15) is 0 Å². The number of anilines is 1. The van der Waals surface area contributed by atoms with Crippen molar-refractivity contribution >= 4 is 5.69 Å². The lowest BCUT2D eigenvalue weighted by atomic mass is 10.1. The highest BCUT2D eigenvalue weighted by Gasteiger charge is 2.13. The van der Waals surface area contributed by atoms with Gasteiger partial charge in [-0.3, -0.25) is 0 Å². The lowest BCUT2D eigenvalue weighted by molar-refractivity contribution is 0.578. The molecule has 0 bridgehead atoms. The summed E-state index contributed by atoms with van der Waals surface area (Å²) in [6.45, 7) is 5.59. The Balaban J connectivity index is 1.64. The number of rotatable bonds is 4. The van der Waals surface area contributed by atoms with Gasteiger partial charge in [0.05, 0.1) is 0 Å². The van der Waals surface area contributed by atoms with Crippen molar-refractivity contribution in [3.8, 4) is 22.5 Å². The highest BCUT2D eigenvalue weighted by atomic mass is 15.1. The molecule has 0 amide bonds. The molecule has 0 N–H and O–H groups in total. The average molecular weight is 330 g/mol. The molecule has 2 heterocycles. The van der Waals surface area contributed by atoms with Gasteiger partial charge in [-0.15, -0.1) is 0 Å². The Morgan fingerprint density at radius 3 is 1.88 bits per heavy atom. The van der Waals surface area contributed by atoms with Crippen LogP contribution < -0.4 is 4.90 Å². The minimum Gasteiger partial charge on any atom is -0.372 e. The lowest BCUT2D eigenvalue weighted by Crippen LogP contribution is -2.29. The van der Waals surface area contributed by atoms with Crippen molar-refractivity contribution in [2.75, 3.05) is 18.0 Å². The second kappa shape index (κ2) is 7.18. The zero-order chi connectivity index (χ0) is 17.1. The van der Waals surface area contributed by atoms with Crippen LogP contribution in [0.25, 0.3) is 22.5 Å². The Hall–Kier alpha value is -2.48. The van der Waals surface area contributed by atoms with Crippen LogP contribution in [0.1, 0.15) is 26.2 Å². The van der Waals surface area contributed by atoms with Crippen LogP contribution in [-0.2, 0) is 6.54 Å². The fourth-order valence-corrected chi connectivity index (χ4v) is 3.92. The molecule has 128 valence electrons. The zero-order valence-electron chi connectivity index (χ0n) is 15.0. The van der Waals surface area contributed by atoms with Crippen molar-refractivity contribution < 1.29 is 0 Å². The largest absolute Gasteiger partial charge is 0.372 e. The van der Waals surface area contributed by atoms with E-state index in [0.717, 1.165) is 6.54 Å². The van der Waals surface area contributed by atoms with E-state index in [0.29, 0.717) is 0 Å². The molecule has 1 aliphatic heterocycles. The van der Waals surface area contributed by atoms with E-state index in [-0.39, 0.29) is 0 Å². The number of benzene rings is 2. The number of hydrogen-bond donors (Lipinski definition) is 0. The van der Waals surface area contributed by atoms with Gasteiger partial charge in [-0.1, -0.05) is 42.5 Å². The van der Waals surface area contributed by atoms with E-state index in [9.17, 15) is 0 Å². The first-order valence-corrected chi connectivity index (χ1v) is 9.47. The summed E-state index contributed by atoms with van der Waals surface area (Å²) >= 11 is 0. The molecule has 0 unspecified atom stereocenters. The van der Waals surface area contributed by atoms with Crippen molar-refractivity contribution in [2.24, 2.45) is 0 Å². The molecule has 0 spiro atoms. The van der Waals surface area contributed by atoms with E-state index < -0.39 is 0 Å². The van der Waals surface area contributed by atoms with Crippen LogP contribution in [0.2, 0.25) is 0 Å². The smallest absolute Gasteiger partial charge is 0.0485 e. The lowest BCUT2D eigenvalue weighted by Gasteiger charge is -2.28. The monoisotopic (exact) mass is 330 g/mol. The highest BCUT2D eigenvalue weighted by molar-refractivity contribution is 5.71. The van der Waals surface area contributed by atoms with E-state index in [1.807, 2.05) is 0 Å². The van der Waals surface area contributed by atoms with Gasteiger partial charge in [-0.05, 0) is 61.6 Å². The third kappa shape index (κ3) is 3.21. The first kappa shape index (κ1) is 16.0. The van der Waals surface area contributed by atoms with Crippen molar-refractivity contribution in [3.05, 3.63) is 66.7 Å². The molecule has 0 aliphatic carbocycles. The molecule has 1 aromatic heterocycles. The first-order valence-electron chi connectivity index (χ1n) is 9.47. The van der Waals surface area contributed by atoms with Crippen LogP contribution in [0.15, 0.2) is 66.7 Å². The van der Waals surface area contributed by atoms with E-state index in [1.54, 1.807) is 0 Å². The molecule has 1 fully saturated rings. The molecule has 3 aromatic rings.